The number of carbonyl (C=O) groups excluding carboxylic acids is 2. The van der Waals surface area contributed by atoms with Crippen molar-refractivity contribution in [2.75, 3.05) is 20.1 Å². The number of halogens is 1. The maximum absolute atomic E-state index is 15.4. The van der Waals surface area contributed by atoms with Crippen LogP contribution in [0.1, 0.15) is 35.2 Å². The van der Waals surface area contributed by atoms with Gasteiger partial charge >= 0.3 is 5.91 Å². The maximum Gasteiger partial charge on any atom is 0.309 e. The fourth-order valence-corrected chi connectivity index (χ4v) is 4.06. The molecule has 1 aliphatic rings. The van der Waals surface area contributed by atoms with Gasteiger partial charge in [-0.05, 0) is 24.5 Å². The highest BCUT2D eigenvalue weighted by atomic mass is 19.1. The average Bonchev–Trinajstić information content (AvgIpc) is 3.42. The number of likely N-dealkylation sites (tertiary alicyclic amines) is 1. The van der Waals surface area contributed by atoms with Gasteiger partial charge in [-0.1, -0.05) is 30.3 Å². The minimum absolute atomic E-state index is 0.0331. The van der Waals surface area contributed by atoms with E-state index in [0.29, 0.717) is 30.6 Å². The highest BCUT2D eigenvalue weighted by molar-refractivity contribution is 5.96. The summed E-state index contributed by atoms with van der Waals surface area (Å²) in [6.45, 7) is 4.13. The quantitative estimate of drug-likeness (QED) is 0.647. The normalized spacial score (nSPS) is 15.8. The van der Waals surface area contributed by atoms with Gasteiger partial charge in [0.05, 0.1) is 11.6 Å². The number of benzene rings is 2. The summed E-state index contributed by atoms with van der Waals surface area (Å²) in [7, 11) is 1.60. The van der Waals surface area contributed by atoms with Crippen molar-refractivity contribution in [1.82, 2.24) is 14.8 Å². The summed E-state index contributed by atoms with van der Waals surface area (Å²) in [6, 6.07) is 10.8. The molecule has 0 saturated carbocycles. The lowest BCUT2D eigenvalue weighted by atomic mass is 9.95. The fourth-order valence-electron chi connectivity index (χ4n) is 4.06. The molecule has 0 aliphatic carbocycles. The van der Waals surface area contributed by atoms with Crippen LogP contribution in [0.5, 0.6) is 0 Å². The molecule has 31 heavy (non-hydrogen) atoms. The van der Waals surface area contributed by atoms with Crippen molar-refractivity contribution in [2.45, 2.75) is 26.3 Å². The number of hydrogen-bond acceptors (Lipinski definition) is 5. The molecule has 0 spiro atoms. The third-order valence-corrected chi connectivity index (χ3v) is 5.87. The van der Waals surface area contributed by atoms with Gasteiger partial charge in [0.15, 0.2) is 11.4 Å². The van der Waals surface area contributed by atoms with Gasteiger partial charge in [0, 0.05) is 32.6 Å². The first kappa shape index (κ1) is 20.5. The van der Waals surface area contributed by atoms with E-state index in [1.807, 2.05) is 6.07 Å². The van der Waals surface area contributed by atoms with Crippen molar-refractivity contribution in [1.29, 1.82) is 5.26 Å². The number of carbonyl (C=O) groups is 2. The molecule has 1 atom stereocenters. The minimum Gasteiger partial charge on any atom is -0.429 e. The zero-order valence-electron chi connectivity index (χ0n) is 17.5. The molecule has 8 heteroatoms. The van der Waals surface area contributed by atoms with Crippen LogP contribution in [-0.4, -0.2) is 52.8 Å². The molecule has 0 radical (unpaired) electrons. The van der Waals surface area contributed by atoms with E-state index in [2.05, 4.69) is 11.1 Å². The number of fused-ring (bicyclic) bond motifs is 1. The molecule has 2 aromatic carbocycles. The average molecular weight is 420 g/mol. The van der Waals surface area contributed by atoms with Crippen molar-refractivity contribution in [2.24, 2.45) is 0 Å². The van der Waals surface area contributed by atoms with Crippen molar-refractivity contribution < 1.29 is 18.4 Å². The Labute approximate surface area is 178 Å². The second-order valence-corrected chi connectivity index (χ2v) is 7.69. The van der Waals surface area contributed by atoms with Gasteiger partial charge in [0.1, 0.15) is 11.6 Å². The number of aromatic nitrogens is 1. The second kappa shape index (κ2) is 7.84. The number of rotatable bonds is 3. The first-order chi connectivity index (χ1) is 14.8. The lowest BCUT2D eigenvalue weighted by Crippen LogP contribution is -2.39. The molecule has 1 saturated heterocycles. The van der Waals surface area contributed by atoms with Crippen LogP contribution in [0.3, 0.4) is 0 Å². The monoisotopic (exact) mass is 420 g/mol. The molecule has 1 aromatic heterocycles. The number of hydrogen-bond donors (Lipinski definition) is 0. The van der Waals surface area contributed by atoms with Crippen molar-refractivity contribution in [3.05, 3.63) is 53.2 Å². The summed E-state index contributed by atoms with van der Waals surface area (Å²) >= 11 is 0. The van der Waals surface area contributed by atoms with Gasteiger partial charge in [0.25, 0.3) is 5.89 Å². The molecule has 7 nitrogen and oxygen atoms in total. The largest absolute Gasteiger partial charge is 0.429 e. The molecule has 1 aliphatic heterocycles. The van der Waals surface area contributed by atoms with Crippen LogP contribution in [0.2, 0.25) is 0 Å². The summed E-state index contributed by atoms with van der Waals surface area (Å²) in [4.78, 5) is 31.9. The van der Waals surface area contributed by atoms with E-state index < -0.39 is 11.7 Å². The van der Waals surface area contributed by atoms with Crippen LogP contribution in [0.25, 0.3) is 22.2 Å². The Balaban J connectivity index is 1.76. The molecule has 0 bridgehead atoms. The SMILES string of the molecule is CC(=O)N1CCC(N(C)C(=O)c2nc3c(C#N)c(C)c(-c4ccccc4)c(F)c3o2)C1. The number of amides is 2. The Morgan fingerprint density at radius 1 is 1.32 bits per heavy atom. The minimum atomic E-state index is -0.657. The molecular formula is C23H21FN4O3. The van der Waals surface area contributed by atoms with E-state index in [1.165, 1.54) is 11.8 Å². The summed E-state index contributed by atoms with van der Waals surface area (Å²) in [5.74, 6) is -1.50. The summed E-state index contributed by atoms with van der Waals surface area (Å²) in [5, 5.41) is 9.70. The van der Waals surface area contributed by atoms with Crippen LogP contribution >= 0.6 is 0 Å². The highest BCUT2D eigenvalue weighted by Gasteiger charge is 2.33. The molecule has 2 amide bonds. The Morgan fingerprint density at radius 3 is 2.65 bits per heavy atom. The molecule has 2 heterocycles. The van der Waals surface area contributed by atoms with Gasteiger partial charge in [0.2, 0.25) is 5.91 Å². The standard InChI is InChI=1S/C23H21FN4O3/c1-13-17(11-25)20-21(19(24)18(13)15-7-5-4-6-8-15)31-22(26-20)23(30)27(3)16-9-10-28(12-16)14(2)29/h4-8,16H,9-10,12H2,1-3H3. The number of nitriles is 1. The first-order valence-corrected chi connectivity index (χ1v) is 9.94. The van der Waals surface area contributed by atoms with Gasteiger partial charge in [-0.3, -0.25) is 9.59 Å². The van der Waals surface area contributed by atoms with Crippen LogP contribution < -0.4 is 0 Å². The van der Waals surface area contributed by atoms with E-state index in [1.54, 1.807) is 43.1 Å². The van der Waals surface area contributed by atoms with Crippen LogP contribution in [0.4, 0.5) is 4.39 Å². The Kier molecular flexibility index (Phi) is 5.19. The predicted molar refractivity (Wildman–Crippen MR) is 112 cm³/mol. The highest BCUT2D eigenvalue weighted by Crippen LogP contribution is 2.36. The van der Waals surface area contributed by atoms with E-state index >= 15 is 4.39 Å². The predicted octanol–water partition coefficient (Wildman–Crippen LogP) is 3.51. The first-order valence-electron chi connectivity index (χ1n) is 9.94. The van der Waals surface area contributed by atoms with E-state index in [4.69, 9.17) is 4.42 Å². The van der Waals surface area contributed by atoms with Crippen LogP contribution in [-0.2, 0) is 4.79 Å². The molecular weight excluding hydrogens is 399 g/mol. The molecule has 158 valence electrons. The maximum atomic E-state index is 15.4. The van der Waals surface area contributed by atoms with E-state index in [0.717, 1.165) is 0 Å². The van der Waals surface area contributed by atoms with Crippen molar-refractivity contribution in [3.63, 3.8) is 0 Å². The zero-order valence-corrected chi connectivity index (χ0v) is 17.5. The van der Waals surface area contributed by atoms with Crippen molar-refractivity contribution in [3.8, 4) is 17.2 Å². The fraction of sp³-hybridized carbons (Fsp3) is 0.304. The topological polar surface area (TPSA) is 90.4 Å². The van der Waals surface area contributed by atoms with Gasteiger partial charge < -0.3 is 14.2 Å². The summed E-state index contributed by atoms with van der Waals surface area (Å²) < 4.78 is 21.0. The lowest BCUT2D eigenvalue weighted by molar-refractivity contribution is -0.127. The van der Waals surface area contributed by atoms with Gasteiger partial charge in [-0.15, -0.1) is 0 Å². The van der Waals surface area contributed by atoms with E-state index in [9.17, 15) is 14.9 Å². The van der Waals surface area contributed by atoms with Gasteiger partial charge in [-0.2, -0.15) is 5.26 Å². The molecule has 1 unspecified atom stereocenters. The molecule has 1 fully saturated rings. The van der Waals surface area contributed by atoms with Crippen molar-refractivity contribution >= 4 is 22.9 Å². The second-order valence-electron chi connectivity index (χ2n) is 7.69. The third-order valence-electron chi connectivity index (χ3n) is 5.87. The third kappa shape index (κ3) is 3.42. The smallest absolute Gasteiger partial charge is 0.309 e. The lowest BCUT2D eigenvalue weighted by Gasteiger charge is -2.23. The molecule has 0 N–H and O–H groups in total. The van der Waals surface area contributed by atoms with Crippen LogP contribution in [0, 0.1) is 24.1 Å². The Morgan fingerprint density at radius 2 is 2.03 bits per heavy atom. The van der Waals surface area contributed by atoms with Gasteiger partial charge in [-0.25, -0.2) is 9.37 Å². The summed E-state index contributed by atoms with van der Waals surface area (Å²) in [5.41, 5.74) is 1.28. The summed E-state index contributed by atoms with van der Waals surface area (Å²) in [6.07, 6.45) is 0.636. The molecule has 4 rings (SSSR count). The molecule has 3 aromatic rings. The van der Waals surface area contributed by atoms with E-state index in [-0.39, 0.29) is 40.1 Å². The Bertz CT molecular complexity index is 1230. The Hall–Kier alpha value is -3.73. The number of nitrogens with zero attached hydrogens (tertiary/aromatic N) is 4. The van der Waals surface area contributed by atoms with Crippen LogP contribution in [0.15, 0.2) is 34.7 Å². The number of likely N-dealkylation sites (N-methyl/N-ethyl adjacent to an activating group) is 1. The zero-order chi connectivity index (χ0) is 22.3. The number of oxazole rings is 1.